The Bertz CT molecular complexity index is 276. The smallest absolute Gasteiger partial charge is 0.0724 e. The van der Waals surface area contributed by atoms with Gasteiger partial charge in [0.15, 0.2) is 0 Å². The van der Waals surface area contributed by atoms with E-state index in [1.54, 1.807) is 0 Å². The average Bonchev–Trinajstić information content (AvgIpc) is 2.47. The first kappa shape index (κ1) is 18.9. The fourth-order valence-electron chi connectivity index (χ4n) is 3.43. The van der Waals surface area contributed by atoms with Gasteiger partial charge in [0.05, 0.1) is 6.10 Å². The van der Waals surface area contributed by atoms with E-state index >= 15 is 0 Å². The normalized spacial score (nSPS) is 24.7. The Labute approximate surface area is 132 Å². The largest absolute Gasteiger partial charge is 0.380 e. The van der Waals surface area contributed by atoms with Crippen LogP contribution in [-0.4, -0.2) is 50.8 Å². The lowest BCUT2D eigenvalue weighted by Gasteiger charge is -2.42. The number of piperidine rings is 1. The lowest BCUT2D eigenvalue weighted by atomic mass is 9.80. The third kappa shape index (κ3) is 5.88. The van der Waals surface area contributed by atoms with Gasteiger partial charge in [0.2, 0.25) is 0 Å². The van der Waals surface area contributed by atoms with Gasteiger partial charge in [-0.1, -0.05) is 34.6 Å². The van der Waals surface area contributed by atoms with Gasteiger partial charge in [-0.2, -0.15) is 0 Å². The van der Waals surface area contributed by atoms with Crippen LogP contribution in [-0.2, 0) is 4.74 Å². The van der Waals surface area contributed by atoms with Crippen molar-refractivity contribution in [3.05, 3.63) is 0 Å². The van der Waals surface area contributed by atoms with E-state index in [0.717, 1.165) is 25.6 Å². The summed E-state index contributed by atoms with van der Waals surface area (Å²) in [5.41, 5.74) is 0.410. The Hall–Kier alpha value is -0.120. The summed E-state index contributed by atoms with van der Waals surface area (Å²) in [6.45, 7) is 17.4. The van der Waals surface area contributed by atoms with Crippen molar-refractivity contribution < 1.29 is 4.74 Å². The van der Waals surface area contributed by atoms with Crippen LogP contribution in [0.1, 0.15) is 53.9 Å². The number of ether oxygens (including phenoxy) is 1. The molecule has 3 heteroatoms. The van der Waals surface area contributed by atoms with Crippen LogP contribution in [0.2, 0.25) is 0 Å². The van der Waals surface area contributed by atoms with Crippen LogP contribution in [0.5, 0.6) is 0 Å². The summed E-state index contributed by atoms with van der Waals surface area (Å²) in [6.07, 6.45) is 4.17. The Morgan fingerprint density at radius 3 is 2.48 bits per heavy atom. The minimum atomic E-state index is 0.410. The molecule has 1 aliphatic rings. The quantitative estimate of drug-likeness (QED) is 0.706. The van der Waals surface area contributed by atoms with E-state index in [4.69, 9.17) is 4.74 Å². The molecule has 1 aliphatic heterocycles. The molecule has 1 heterocycles. The zero-order valence-electron chi connectivity index (χ0n) is 15.2. The Kier molecular flexibility index (Phi) is 8.22. The van der Waals surface area contributed by atoms with Crippen molar-refractivity contribution in [1.29, 1.82) is 0 Å². The van der Waals surface area contributed by atoms with Crippen LogP contribution in [0.25, 0.3) is 0 Å². The van der Waals surface area contributed by atoms with Crippen LogP contribution < -0.4 is 5.32 Å². The predicted octanol–water partition coefficient (Wildman–Crippen LogP) is 3.40. The van der Waals surface area contributed by atoms with Crippen molar-refractivity contribution in [2.45, 2.75) is 60.0 Å². The third-order valence-electron chi connectivity index (χ3n) is 5.39. The van der Waals surface area contributed by atoms with E-state index in [0.29, 0.717) is 17.4 Å². The molecule has 1 N–H and O–H groups in total. The van der Waals surface area contributed by atoms with Gasteiger partial charge in [0.25, 0.3) is 0 Å². The number of methoxy groups -OCH3 is 1. The molecule has 126 valence electrons. The number of hydrogen-bond acceptors (Lipinski definition) is 3. The molecular formula is C18H38N2O. The number of rotatable bonds is 9. The molecule has 2 atom stereocenters. The minimum absolute atomic E-state index is 0.410. The van der Waals surface area contributed by atoms with E-state index in [1.165, 1.54) is 32.4 Å². The highest BCUT2D eigenvalue weighted by Gasteiger charge is 2.33. The van der Waals surface area contributed by atoms with Crippen molar-refractivity contribution in [3.63, 3.8) is 0 Å². The van der Waals surface area contributed by atoms with Crippen LogP contribution in [0.4, 0.5) is 0 Å². The standard InChI is InChI=1S/C18H38N2O/c1-7-18(8-2,13-19-11-15(3)4)14-20-10-9-16(5)17(12-20)21-6/h15-17,19H,7-14H2,1-6H3. The fraction of sp³-hybridized carbons (Fsp3) is 1.00. The Morgan fingerprint density at radius 2 is 1.95 bits per heavy atom. The van der Waals surface area contributed by atoms with Crippen LogP contribution >= 0.6 is 0 Å². The molecule has 2 unspecified atom stereocenters. The summed E-state index contributed by atoms with van der Waals surface area (Å²) in [4.78, 5) is 2.64. The highest BCUT2D eigenvalue weighted by molar-refractivity contribution is 4.87. The lowest BCUT2D eigenvalue weighted by molar-refractivity contribution is -0.0192. The maximum atomic E-state index is 5.67. The minimum Gasteiger partial charge on any atom is -0.380 e. The van der Waals surface area contributed by atoms with Gasteiger partial charge in [-0.25, -0.2) is 0 Å². The number of likely N-dealkylation sites (tertiary alicyclic amines) is 1. The molecule has 1 rings (SSSR count). The molecule has 0 aromatic carbocycles. The van der Waals surface area contributed by atoms with Crippen molar-refractivity contribution in [2.75, 3.05) is 39.8 Å². The first-order valence-corrected chi connectivity index (χ1v) is 8.92. The highest BCUT2D eigenvalue weighted by Crippen LogP contribution is 2.29. The van der Waals surface area contributed by atoms with E-state index in [1.807, 2.05) is 7.11 Å². The molecule has 0 spiro atoms. The van der Waals surface area contributed by atoms with Crippen LogP contribution in [0.15, 0.2) is 0 Å². The molecule has 0 bridgehead atoms. The molecule has 1 saturated heterocycles. The van der Waals surface area contributed by atoms with E-state index in [2.05, 4.69) is 44.8 Å². The van der Waals surface area contributed by atoms with E-state index < -0.39 is 0 Å². The number of nitrogens with zero attached hydrogens (tertiary/aromatic N) is 1. The molecule has 3 nitrogen and oxygen atoms in total. The topological polar surface area (TPSA) is 24.5 Å². The predicted molar refractivity (Wildman–Crippen MR) is 91.7 cm³/mol. The molecular weight excluding hydrogens is 260 g/mol. The number of nitrogens with one attached hydrogen (secondary N) is 1. The van der Waals surface area contributed by atoms with Crippen molar-refractivity contribution in [2.24, 2.45) is 17.3 Å². The zero-order valence-corrected chi connectivity index (χ0v) is 15.2. The summed E-state index contributed by atoms with van der Waals surface area (Å²) in [5, 5.41) is 3.69. The van der Waals surface area contributed by atoms with Gasteiger partial charge < -0.3 is 15.0 Å². The highest BCUT2D eigenvalue weighted by atomic mass is 16.5. The van der Waals surface area contributed by atoms with Crippen LogP contribution in [0, 0.1) is 17.3 Å². The van der Waals surface area contributed by atoms with Gasteiger partial charge in [0.1, 0.15) is 0 Å². The first-order valence-electron chi connectivity index (χ1n) is 8.92. The second kappa shape index (κ2) is 9.12. The van der Waals surface area contributed by atoms with Crippen molar-refractivity contribution in [3.8, 4) is 0 Å². The molecule has 1 fully saturated rings. The summed E-state index contributed by atoms with van der Waals surface area (Å²) in [6, 6.07) is 0. The molecule has 0 aliphatic carbocycles. The maximum absolute atomic E-state index is 5.67. The lowest BCUT2D eigenvalue weighted by Crippen LogP contribution is -2.50. The molecule has 21 heavy (non-hydrogen) atoms. The summed E-state index contributed by atoms with van der Waals surface area (Å²) < 4.78 is 5.67. The number of hydrogen-bond donors (Lipinski definition) is 1. The SMILES string of the molecule is CCC(CC)(CNCC(C)C)CN1CCC(C)C(OC)C1. The fourth-order valence-corrected chi connectivity index (χ4v) is 3.43. The summed E-state index contributed by atoms with van der Waals surface area (Å²) in [7, 11) is 1.86. The van der Waals surface area contributed by atoms with E-state index in [9.17, 15) is 0 Å². The first-order chi connectivity index (χ1) is 9.96. The molecule has 0 saturated carbocycles. The van der Waals surface area contributed by atoms with Gasteiger partial charge in [-0.05, 0) is 49.6 Å². The van der Waals surface area contributed by atoms with Gasteiger partial charge in [-0.15, -0.1) is 0 Å². The van der Waals surface area contributed by atoms with Gasteiger partial charge in [-0.3, -0.25) is 0 Å². The summed E-state index contributed by atoms with van der Waals surface area (Å²) >= 11 is 0. The van der Waals surface area contributed by atoms with Gasteiger partial charge in [0, 0.05) is 26.7 Å². The van der Waals surface area contributed by atoms with Gasteiger partial charge >= 0.3 is 0 Å². The van der Waals surface area contributed by atoms with Crippen molar-refractivity contribution >= 4 is 0 Å². The van der Waals surface area contributed by atoms with Crippen LogP contribution in [0.3, 0.4) is 0 Å². The molecule has 0 aromatic heterocycles. The second-order valence-corrected chi connectivity index (χ2v) is 7.51. The average molecular weight is 299 g/mol. The Morgan fingerprint density at radius 1 is 1.29 bits per heavy atom. The maximum Gasteiger partial charge on any atom is 0.0724 e. The molecule has 0 aromatic rings. The summed E-state index contributed by atoms with van der Waals surface area (Å²) in [5.74, 6) is 1.42. The van der Waals surface area contributed by atoms with E-state index in [-0.39, 0.29) is 0 Å². The second-order valence-electron chi connectivity index (χ2n) is 7.51. The zero-order chi connectivity index (χ0) is 15.9. The van der Waals surface area contributed by atoms with Crippen molar-refractivity contribution in [1.82, 2.24) is 10.2 Å². The third-order valence-corrected chi connectivity index (χ3v) is 5.39. The Balaban J connectivity index is 2.56. The monoisotopic (exact) mass is 298 g/mol. The molecule has 0 amide bonds. The molecule has 0 radical (unpaired) electrons.